The highest BCUT2D eigenvalue weighted by molar-refractivity contribution is 5.85. The molecule has 0 aromatic carbocycles. The summed E-state index contributed by atoms with van der Waals surface area (Å²) in [6.07, 6.45) is 1.00. The Morgan fingerprint density at radius 2 is 1.86 bits per heavy atom. The minimum absolute atomic E-state index is 0.145. The zero-order valence-electron chi connectivity index (χ0n) is 13.5. The van der Waals surface area contributed by atoms with Crippen LogP contribution in [0.3, 0.4) is 0 Å². The van der Waals surface area contributed by atoms with Crippen molar-refractivity contribution in [2.75, 3.05) is 65.6 Å². The molecule has 0 unspecified atom stereocenters. The average Bonchev–Trinajstić information content (AvgIpc) is 2.53. The molecule has 2 saturated heterocycles. The highest BCUT2D eigenvalue weighted by Crippen LogP contribution is 2.15. The third-order valence-corrected chi connectivity index (χ3v) is 4.50. The molecule has 0 spiro atoms. The van der Waals surface area contributed by atoms with E-state index >= 15 is 0 Å². The SMILES string of the molecule is CC(C)(C(=O)NCCCN1CCOCC1)N1CCNCC1. The molecule has 0 aliphatic carbocycles. The standard InChI is InChI=1S/C15H30N4O2/c1-15(2,19-8-5-16-6-9-19)14(20)17-4-3-7-18-10-12-21-13-11-18/h16H,3-13H2,1-2H3,(H,17,20). The number of hydrogen-bond donors (Lipinski definition) is 2. The van der Waals surface area contributed by atoms with Crippen molar-refractivity contribution in [2.45, 2.75) is 25.8 Å². The average molecular weight is 298 g/mol. The molecule has 0 atom stereocenters. The first-order valence-electron chi connectivity index (χ1n) is 8.15. The van der Waals surface area contributed by atoms with Gasteiger partial charge in [-0.3, -0.25) is 14.6 Å². The summed E-state index contributed by atoms with van der Waals surface area (Å²) in [5, 5.41) is 6.43. The smallest absolute Gasteiger partial charge is 0.239 e. The highest BCUT2D eigenvalue weighted by Gasteiger charge is 2.34. The number of rotatable bonds is 6. The van der Waals surface area contributed by atoms with Gasteiger partial charge in [-0.05, 0) is 26.8 Å². The van der Waals surface area contributed by atoms with Crippen LogP contribution in [0, 0.1) is 0 Å². The van der Waals surface area contributed by atoms with Gasteiger partial charge in [0.05, 0.1) is 18.8 Å². The largest absolute Gasteiger partial charge is 0.379 e. The fourth-order valence-corrected chi connectivity index (χ4v) is 2.91. The lowest BCUT2D eigenvalue weighted by Crippen LogP contribution is -2.60. The summed E-state index contributed by atoms with van der Waals surface area (Å²) in [5.74, 6) is 0.145. The van der Waals surface area contributed by atoms with Crippen LogP contribution < -0.4 is 10.6 Å². The van der Waals surface area contributed by atoms with Gasteiger partial charge in [-0.1, -0.05) is 0 Å². The van der Waals surface area contributed by atoms with Crippen LogP contribution in [-0.4, -0.2) is 86.8 Å². The van der Waals surface area contributed by atoms with Crippen molar-refractivity contribution in [1.29, 1.82) is 0 Å². The first-order valence-corrected chi connectivity index (χ1v) is 8.15. The lowest BCUT2D eigenvalue weighted by molar-refractivity contribution is -0.132. The molecule has 0 radical (unpaired) electrons. The fourth-order valence-electron chi connectivity index (χ4n) is 2.91. The Labute approximate surface area is 128 Å². The van der Waals surface area contributed by atoms with Crippen LogP contribution >= 0.6 is 0 Å². The molecule has 2 fully saturated rings. The molecular formula is C15H30N4O2. The monoisotopic (exact) mass is 298 g/mol. The molecule has 6 heteroatoms. The van der Waals surface area contributed by atoms with E-state index in [0.717, 1.165) is 72.0 Å². The van der Waals surface area contributed by atoms with Crippen molar-refractivity contribution >= 4 is 5.91 Å². The lowest BCUT2D eigenvalue weighted by Gasteiger charge is -2.39. The van der Waals surface area contributed by atoms with Crippen LogP contribution in [0.1, 0.15) is 20.3 Å². The maximum atomic E-state index is 12.4. The van der Waals surface area contributed by atoms with E-state index in [9.17, 15) is 4.79 Å². The van der Waals surface area contributed by atoms with E-state index in [4.69, 9.17) is 4.74 Å². The third-order valence-electron chi connectivity index (χ3n) is 4.50. The maximum absolute atomic E-state index is 12.4. The van der Waals surface area contributed by atoms with Gasteiger partial charge in [0.15, 0.2) is 0 Å². The second-order valence-corrected chi connectivity index (χ2v) is 6.36. The van der Waals surface area contributed by atoms with E-state index in [0.29, 0.717) is 0 Å². The molecule has 2 rings (SSSR count). The Balaban J connectivity index is 1.65. The van der Waals surface area contributed by atoms with Gasteiger partial charge < -0.3 is 15.4 Å². The van der Waals surface area contributed by atoms with Crippen LogP contribution in [0.2, 0.25) is 0 Å². The van der Waals surface area contributed by atoms with Gasteiger partial charge in [-0.25, -0.2) is 0 Å². The Morgan fingerprint density at radius 1 is 1.19 bits per heavy atom. The van der Waals surface area contributed by atoms with E-state index in [-0.39, 0.29) is 5.91 Å². The molecule has 6 nitrogen and oxygen atoms in total. The van der Waals surface area contributed by atoms with Crippen molar-refractivity contribution in [3.8, 4) is 0 Å². The van der Waals surface area contributed by atoms with Crippen molar-refractivity contribution in [1.82, 2.24) is 20.4 Å². The molecule has 21 heavy (non-hydrogen) atoms. The number of morpholine rings is 1. The van der Waals surface area contributed by atoms with Gasteiger partial charge in [-0.2, -0.15) is 0 Å². The third kappa shape index (κ3) is 4.92. The predicted octanol–water partition coefficient (Wildman–Crippen LogP) is -0.491. The number of nitrogens with one attached hydrogen (secondary N) is 2. The van der Waals surface area contributed by atoms with Gasteiger partial charge >= 0.3 is 0 Å². The summed E-state index contributed by atoms with van der Waals surface area (Å²) in [5.41, 5.74) is -0.416. The van der Waals surface area contributed by atoms with Crippen molar-refractivity contribution in [3.63, 3.8) is 0 Å². The molecule has 0 aromatic heterocycles. The predicted molar refractivity (Wildman–Crippen MR) is 83.4 cm³/mol. The maximum Gasteiger partial charge on any atom is 0.239 e. The normalized spacial score (nSPS) is 22.2. The fraction of sp³-hybridized carbons (Fsp3) is 0.933. The van der Waals surface area contributed by atoms with Crippen LogP contribution in [0.25, 0.3) is 0 Å². The number of carbonyl (C=O) groups excluding carboxylic acids is 1. The summed E-state index contributed by atoms with van der Waals surface area (Å²) >= 11 is 0. The number of ether oxygens (including phenoxy) is 1. The molecule has 0 bridgehead atoms. The van der Waals surface area contributed by atoms with Gasteiger partial charge in [0.25, 0.3) is 0 Å². The first-order chi connectivity index (χ1) is 10.1. The van der Waals surface area contributed by atoms with Crippen LogP contribution in [0.5, 0.6) is 0 Å². The molecule has 1 amide bonds. The Kier molecular flexibility index (Phi) is 6.41. The molecule has 122 valence electrons. The molecule has 2 aliphatic rings. The molecule has 0 aromatic rings. The summed E-state index contributed by atoms with van der Waals surface area (Å²) in [6, 6.07) is 0. The van der Waals surface area contributed by atoms with Crippen molar-refractivity contribution in [3.05, 3.63) is 0 Å². The summed E-state index contributed by atoms with van der Waals surface area (Å²) < 4.78 is 5.33. The van der Waals surface area contributed by atoms with Crippen molar-refractivity contribution in [2.24, 2.45) is 0 Å². The molecule has 2 aliphatic heterocycles. The molecule has 0 saturated carbocycles. The van der Waals surface area contributed by atoms with Crippen LogP contribution in [0.15, 0.2) is 0 Å². The van der Waals surface area contributed by atoms with Crippen LogP contribution in [0.4, 0.5) is 0 Å². The van der Waals surface area contributed by atoms with E-state index in [1.807, 2.05) is 13.8 Å². The molecular weight excluding hydrogens is 268 g/mol. The van der Waals surface area contributed by atoms with Gasteiger partial charge in [-0.15, -0.1) is 0 Å². The van der Waals surface area contributed by atoms with Crippen LogP contribution in [-0.2, 0) is 9.53 Å². The number of nitrogens with zero attached hydrogens (tertiary/aromatic N) is 2. The Bertz CT molecular complexity index is 324. The van der Waals surface area contributed by atoms with Crippen molar-refractivity contribution < 1.29 is 9.53 Å². The van der Waals surface area contributed by atoms with Gasteiger partial charge in [0.2, 0.25) is 5.91 Å². The van der Waals surface area contributed by atoms with E-state index in [1.54, 1.807) is 0 Å². The number of piperazine rings is 1. The Hall–Kier alpha value is -0.690. The number of carbonyl (C=O) groups is 1. The topological polar surface area (TPSA) is 56.8 Å². The minimum atomic E-state index is -0.416. The van der Waals surface area contributed by atoms with Gasteiger partial charge in [0.1, 0.15) is 0 Å². The zero-order chi connectivity index (χ0) is 15.1. The summed E-state index contributed by atoms with van der Waals surface area (Å²) in [7, 11) is 0. The van der Waals surface area contributed by atoms with E-state index in [1.165, 1.54) is 0 Å². The van der Waals surface area contributed by atoms with E-state index < -0.39 is 5.54 Å². The molecule has 2 N–H and O–H groups in total. The minimum Gasteiger partial charge on any atom is -0.379 e. The summed E-state index contributed by atoms with van der Waals surface area (Å²) in [6.45, 7) is 13.4. The molecule has 2 heterocycles. The highest BCUT2D eigenvalue weighted by atomic mass is 16.5. The number of amides is 1. The number of hydrogen-bond acceptors (Lipinski definition) is 5. The second kappa shape index (κ2) is 8.08. The zero-order valence-corrected chi connectivity index (χ0v) is 13.5. The summed E-state index contributed by atoms with van der Waals surface area (Å²) in [4.78, 5) is 17.1. The second-order valence-electron chi connectivity index (χ2n) is 6.36. The quantitative estimate of drug-likeness (QED) is 0.648. The first kappa shape index (κ1) is 16.7. The lowest BCUT2D eigenvalue weighted by atomic mass is 10.0. The van der Waals surface area contributed by atoms with Gasteiger partial charge in [0, 0.05) is 45.8 Å². The van der Waals surface area contributed by atoms with E-state index in [2.05, 4.69) is 20.4 Å². The Morgan fingerprint density at radius 3 is 2.52 bits per heavy atom.